The molecule has 0 saturated heterocycles. The van der Waals surface area contributed by atoms with Gasteiger partial charge in [0.25, 0.3) is 11.2 Å². The molecule has 8 nitrogen and oxygen atoms in total. The van der Waals surface area contributed by atoms with E-state index in [1.165, 1.54) is 11.8 Å². The number of hydrogen-bond donors (Lipinski definition) is 3. The van der Waals surface area contributed by atoms with Gasteiger partial charge >= 0.3 is 6.03 Å². The first kappa shape index (κ1) is 23.6. The minimum atomic E-state index is -0.487. The van der Waals surface area contributed by atoms with E-state index in [9.17, 15) is 9.59 Å². The number of hydrogen-bond acceptors (Lipinski definition) is 5. The van der Waals surface area contributed by atoms with Gasteiger partial charge in [0.1, 0.15) is 5.75 Å². The van der Waals surface area contributed by atoms with E-state index in [1.807, 2.05) is 42.5 Å². The summed E-state index contributed by atoms with van der Waals surface area (Å²) in [5, 5.41) is 5.97. The molecule has 0 aliphatic heterocycles. The number of H-pyrrole nitrogens is 1. The van der Waals surface area contributed by atoms with Crippen LogP contribution < -0.4 is 20.9 Å². The fourth-order valence-corrected chi connectivity index (χ4v) is 4.06. The third kappa shape index (κ3) is 6.07. The Bertz CT molecular complexity index is 1430. The fraction of sp³-hybridized carbons (Fsp3) is 0.0769. The predicted molar refractivity (Wildman–Crippen MR) is 138 cm³/mol. The molecule has 9 heteroatoms. The highest BCUT2D eigenvalue weighted by molar-refractivity contribution is 7.98. The summed E-state index contributed by atoms with van der Waals surface area (Å²) >= 11 is 1.35. The van der Waals surface area contributed by atoms with Gasteiger partial charge in [-0.05, 0) is 47.5 Å². The summed E-state index contributed by atoms with van der Waals surface area (Å²) in [6.07, 6.45) is 0. The van der Waals surface area contributed by atoms with Gasteiger partial charge in [-0.2, -0.15) is 0 Å². The van der Waals surface area contributed by atoms with Crippen LogP contribution in [0.15, 0.2) is 88.8 Å². The minimum absolute atomic E-state index is 0.0631. The van der Waals surface area contributed by atoms with Crippen LogP contribution in [0.1, 0.15) is 5.56 Å². The van der Waals surface area contributed by atoms with Crippen molar-refractivity contribution in [3.63, 3.8) is 0 Å². The van der Waals surface area contributed by atoms with Gasteiger partial charge in [0.2, 0.25) is 0 Å². The van der Waals surface area contributed by atoms with Crippen molar-refractivity contribution in [3.8, 4) is 17.0 Å². The summed E-state index contributed by atoms with van der Waals surface area (Å²) in [6, 6.07) is 23.3. The maximum Gasteiger partial charge on any atom is 0.323 e. The van der Waals surface area contributed by atoms with Crippen LogP contribution in [0.3, 0.4) is 0 Å². The summed E-state index contributed by atoms with van der Waals surface area (Å²) in [7, 11) is 1.55. The fourth-order valence-electron chi connectivity index (χ4n) is 3.24. The second-order valence-electron chi connectivity index (χ2n) is 7.34. The first-order valence-electron chi connectivity index (χ1n) is 10.6. The number of para-hydroxylation sites is 1. The standard InChI is InChI=1S/C26H21N5O3S/c1-27-23-22(18-7-6-10-21(15-18)34-2)30-26(31-24(23)32)35-16-17-11-13-20(14-12-17)29-25(33)28-19-8-4-3-5-9-19/h3-15H,16H2,2H3,(H2,28,29,33)(H,30,31,32). The second-order valence-corrected chi connectivity index (χ2v) is 8.31. The maximum absolute atomic E-state index is 12.5. The number of nitrogens with one attached hydrogen (secondary N) is 3. The second kappa shape index (κ2) is 11.0. The van der Waals surface area contributed by atoms with Gasteiger partial charge in [-0.3, -0.25) is 4.79 Å². The molecule has 3 aromatic carbocycles. The van der Waals surface area contributed by atoms with Crippen LogP contribution in [0.2, 0.25) is 0 Å². The zero-order valence-corrected chi connectivity index (χ0v) is 19.6. The van der Waals surface area contributed by atoms with Crippen LogP contribution in [-0.4, -0.2) is 23.1 Å². The molecule has 35 heavy (non-hydrogen) atoms. The zero-order valence-electron chi connectivity index (χ0n) is 18.7. The number of aromatic nitrogens is 2. The zero-order chi connectivity index (χ0) is 24.6. The first-order chi connectivity index (χ1) is 17.1. The van der Waals surface area contributed by atoms with Crippen molar-refractivity contribution in [2.75, 3.05) is 17.7 Å². The molecule has 1 heterocycles. The molecule has 4 rings (SSSR count). The highest BCUT2D eigenvalue weighted by Crippen LogP contribution is 2.30. The smallest absolute Gasteiger partial charge is 0.323 e. The lowest BCUT2D eigenvalue weighted by atomic mass is 10.1. The van der Waals surface area contributed by atoms with Crippen LogP contribution in [0.5, 0.6) is 5.75 Å². The van der Waals surface area contributed by atoms with E-state index in [0.717, 1.165) is 5.56 Å². The summed E-state index contributed by atoms with van der Waals surface area (Å²) in [4.78, 5) is 35.3. The van der Waals surface area contributed by atoms with Gasteiger partial charge in [-0.25, -0.2) is 14.6 Å². The Morgan fingerprint density at radius 3 is 2.43 bits per heavy atom. The first-order valence-corrected chi connectivity index (χ1v) is 11.6. The minimum Gasteiger partial charge on any atom is -0.497 e. The van der Waals surface area contributed by atoms with Crippen molar-refractivity contribution in [1.29, 1.82) is 0 Å². The van der Waals surface area contributed by atoms with Crippen molar-refractivity contribution >= 4 is 34.9 Å². The molecule has 0 spiro atoms. The van der Waals surface area contributed by atoms with E-state index in [1.54, 1.807) is 43.5 Å². The largest absolute Gasteiger partial charge is 0.497 e. The van der Waals surface area contributed by atoms with E-state index in [4.69, 9.17) is 11.3 Å². The lowest BCUT2D eigenvalue weighted by molar-refractivity contribution is 0.262. The molecule has 0 aliphatic carbocycles. The Hall–Kier alpha value is -4.55. The number of ether oxygens (including phenoxy) is 1. The number of amides is 2. The lowest BCUT2D eigenvalue weighted by Gasteiger charge is -2.09. The van der Waals surface area contributed by atoms with Gasteiger partial charge in [-0.1, -0.05) is 54.2 Å². The van der Waals surface area contributed by atoms with Gasteiger partial charge in [-0.15, -0.1) is 0 Å². The normalized spacial score (nSPS) is 10.3. The maximum atomic E-state index is 12.5. The van der Waals surface area contributed by atoms with Crippen molar-refractivity contribution in [3.05, 3.63) is 106 Å². The topological polar surface area (TPSA) is 100 Å². The van der Waals surface area contributed by atoms with E-state index in [2.05, 4.69) is 25.4 Å². The third-order valence-corrected chi connectivity index (χ3v) is 5.89. The number of benzene rings is 3. The number of thioether (sulfide) groups is 1. The number of anilines is 2. The lowest BCUT2D eigenvalue weighted by Crippen LogP contribution is -2.19. The summed E-state index contributed by atoms with van der Waals surface area (Å²) in [5.41, 5.74) is 2.73. The molecular formula is C26H21N5O3S. The molecule has 0 radical (unpaired) electrons. The van der Waals surface area contributed by atoms with E-state index in [0.29, 0.717) is 39.3 Å². The molecule has 0 bridgehead atoms. The number of nitrogens with zero attached hydrogens (tertiary/aromatic N) is 2. The number of methoxy groups -OCH3 is 1. The van der Waals surface area contributed by atoms with Gasteiger partial charge in [0, 0.05) is 17.1 Å². The molecule has 0 saturated carbocycles. The summed E-state index contributed by atoms with van der Waals surface area (Å²) in [5.74, 6) is 1.15. The average molecular weight is 484 g/mol. The summed E-state index contributed by atoms with van der Waals surface area (Å²) in [6.45, 7) is 7.40. The Morgan fingerprint density at radius 2 is 1.74 bits per heavy atom. The molecule has 0 fully saturated rings. The molecule has 0 aliphatic rings. The van der Waals surface area contributed by atoms with Crippen molar-refractivity contribution in [2.24, 2.45) is 0 Å². The van der Waals surface area contributed by atoms with Crippen LogP contribution >= 0.6 is 11.8 Å². The highest BCUT2D eigenvalue weighted by Gasteiger charge is 2.15. The Morgan fingerprint density at radius 1 is 1.03 bits per heavy atom. The van der Waals surface area contributed by atoms with Crippen molar-refractivity contribution in [1.82, 2.24) is 9.97 Å². The summed E-state index contributed by atoms with van der Waals surface area (Å²) < 4.78 is 5.25. The van der Waals surface area contributed by atoms with E-state index in [-0.39, 0.29) is 11.7 Å². The Labute approximate surface area is 206 Å². The van der Waals surface area contributed by atoms with Gasteiger partial charge in [0.15, 0.2) is 5.16 Å². The molecular weight excluding hydrogens is 462 g/mol. The third-order valence-electron chi connectivity index (χ3n) is 4.95. The van der Waals surface area contributed by atoms with Crippen LogP contribution in [-0.2, 0) is 5.75 Å². The van der Waals surface area contributed by atoms with Crippen molar-refractivity contribution in [2.45, 2.75) is 10.9 Å². The van der Waals surface area contributed by atoms with E-state index < -0.39 is 5.56 Å². The van der Waals surface area contributed by atoms with E-state index >= 15 is 0 Å². The van der Waals surface area contributed by atoms with Crippen LogP contribution in [0.25, 0.3) is 16.1 Å². The quantitative estimate of drug-likeness (QED) is 0.172. The molecule has 0 unspecified atom stereocenters. The monoisotopic (exact) mass is 483 g/mol. The van der Waals surface area contributed by atoms with Gasteiger partial charge < -0.3 is 20.4 Å². The SMILES string of the molecule is [C-]#[N+]c1c(-c2cccc(OC)c2)nc(SCc2ccc(NC(=O)Nc3ccccc3)cc2)[nH]c1=O. The number of carbonyl (C=O) groups is 1. The molecule has 3 N–H and O–H groups in total. The molecule has 2 amide bonds. The number of aromatic amines is 1. The average Bonchev–Trinajstić information content (AvgIpc) is 2.88. The van der Waals surface area contributed by atoms with Crippen LogP contribution in [0.4, 0.5) is 21.9 Å². The molecule has 0 atom stereocenters. The Balaban J connectivity index is 1.44. The number of urea groups is 1. The highest BCUT2D eigenvalue weighted by atomic mass is 32.2. The molecule has 174 valence electrons. The predicted octanol–water partition coefficient (Wildman–Crippen LogP) is 5.93. The Kier molecular flexibility index (Phi) is 7.45. The molecule has 4 aromatic rings. The van der Waals surface area contributed by atoms with Crippen LogP contribution in [0, 0.1) is 6.57 Å². The number of carbonyl (C=O) groups excluding carboxylic acids is 1. The number of rotatable bonds is 7. The van der Waals surface area contributed by atoms with Gasteiger partial charge in [0.05, 0.1) is 19.4 Å². The molecule has 1 aromatic heterocycles. The van der Waals surface area contributed by atoms with Crippen molar-refractivity contribution < 1.29 is 9.53 Å².